The smallest absolute Gasteiger partial charge is 0.341 e. The van der Waals surface area contributed by atoms with E-state index in [-0.39, 0.29) is 18.0 Å². The number of nitrogens with one attached hydrogen (secondary N) is 1. The van der Waals surface area contributed by atoms with Crippen LogP contribution in [0.25, 0.3) is 0 Å². The summed E-state index contributed by atoms with van der Waals surface area (Å²) in [5, 5.41) is 3.59. The molecule has 138 valence electrons. The molecule has 0 fully saturated rings. The number of aryl methyl sites for hydroxylation is 1. The summed E-state index contributed by atoms with van der Waals surface area (Å²) in [4.78, 5) is 27.3. The van der Waals surface area contributed by atoms with Crippen molar-refractivity contribution in [3.63, 3.8) is 0 Å². The Morgan fingerprint density at radius 2 is 1.92 bits per heavy atom. The van der Waals surface area contributed by atoms with Gasteiger partial charge in [-0.15, -0.1) is 23.1 Å². The van der Waals surface area contributed by atoms with Crippen molar-refractivity contribution in [1.82, 2.24) is 0 Å². The zero-order valence-electron chi connectivity index (χ0n) is 15.0. The fraction of sp³-hybridized carbons (Fsp3) is 0.400. The van der Waals surface area contributed by atoms with Crippen molar-refractivity contribution in [3.8, 4) is 0 Å². The second-order valence-electron chi connectivity index (χ2n) is 6.52. The molecule has 0 saturated heterocycles. The average molecular weight is 390 g/mol. The molecular formula is C20H23NO3S2. The molecule has 3 rings (SSSR count). The molecule has 0 atom stereocenters. The number of rotatable bonds is 6. The zero-order valence-corrected chi connectivity index (χ0v) is 16.7. The molecule has 4 nitrogen and oxygen atoms in total. The molecule has 0 bridgehead atoms. The van der Waals surface area contributed by atoms with Crippen molar-refractivity contribution in [1.29, 1.82) is 0 Å². The molecule has 1 aromatic carbocycles. The minimum Gasteiger partial charge on any atom is -0.459 e. The minimum atomic E-state index is -0.328. The van der Waals surface area contributed by atoms with Crippen molar-refractivity contribution in [2.75, 3.05) is 11.1 Å². The highest BCUT2D eigenvalue weighted by Gasteiger charge is 2.27. The van der Waals surface area contributed by atoms with E-state index >= 15 is 0 Å². The van der Waals surface area contributed by atoms with E-state index in [1.165, 1.54) is 28.0 Å². The number of carbonyl (C=O) groups excluding carboxylic acids is 2. The number of amides is 1. The van der Waals surface area contributed by atoms with Gasteiger partial charge in [0.15, 0.2) is 0 Å². The van der Waals surface area contributed by atoms with Gasteiger partial charge in [-0.3, -0.25) is 4.79 Å². The number of fused-ring (bicyclic) bond motifs is 1. The van der Waals surface area contributed by atoms with Gasteiger partial charge in [-0.25, -0.2) is 4.79 Å². The van der Waals surface area contributed by atoms with Crippen molar-refractivity contribution < 1.29 is 14.3 Å². The number of anilines is 1. The molecule has 0 saturated carbocycles. The molecule has 26 heavy (non-hydrogen) atoms. The fourth-order valence-electron chi connectivity index (χ4n) is 2.97. The van der Waals surface area contributed by atoms with Crippen LogP contribution >= 0.6 is 23.1 Å². The predicted molar refractivity (Wildman–Crippen MR) is 107 cm³/mol. The van der Waals surface area contributed by atoms with E-state index in [1.54, 1.807) is 0 Å². The number of hydrogen-bond donors (Lipinski definition) is 1. The van der Waals surface area contributed by atoms with Crippen LogP contribution in [-0.4, -0.2) is 23.7 Å². The van der Waals surface area contributed by atoms with E-state index in [9.17, 15) is 9.59 Å². The number of hydrogen-bond acceptors (Lipinski definition) is 5. The molecule has 1 aliphatic carbocycles. The van der Waals surface area contributed by atoms with E-state index in [2.05, 4.69) is 5.32 Å². The third kappa shape index (κ3) is 4.68. The molecule has 1 aliphatic rings. The maximum atomic E-state index is 12.6. The standard InChI is InChI=1S/C20H23NO3S2/c1-13(2)24-20(23)18-15-10-6-7-11-16(15)26-19(18)21-17(22)12-25-14-8-4-3-5-9-14/h3-5,8-9,13H,6-7,10-12H2,1-2H3,(H,21,22). The van der Waals surface area contributed by atoms with Crippen LogP contribution in [0.3, 0.4) is 0 Å². The summed E-state index contributed by atoms with van der Waals surface area (Å²) in [6.07, 6.45) is 3.87. The summed E-state index contributed by atoms with van der Waals surface area (Å²) in [6, 6.07) is 9.81. The summed E-state index contributed by atoms with van der Waals surface area (Å²) in [5.74, 6) is -0.118. The van der Waals surface area contributed by atoms with Gasteiger partial charge in [0.1, 0.15) is 5.00 Å². The molecular weight excluding hydrogens is 366 g/mol. The van der Waals surface area contributed by atoms with E-state index in [1.807, 2.05) is 44.2 Å². The van der Waals surface area contributed by atoms with Gasteiger partial charge in [0.2, 0.25) is 5.91 Å². The summed E-state index contributed by atoms with van der Waals surface area (Å²) < 4.78 is 5.42. The lowest BCUT2D eigenvalue weighted by atomic mass is 9.95. The molecule has 0 radical (unpaired) electrons. The van der Waals surface area contributed by atoms with E-state index in [0.29, 0.717) is 16.3 Å². The van der Waals surface area contributed by atoms with Gasteiger partial charge in [-0.05, 0) is 57.2 Å². The maximum absolute atomic E-state index is 12.6. The predicted octanol–water partition coefficient (Wildman–Crippen LogP) is 4.92. The third-order valence-electron chi connectivity index (χ3n) is 4.08. The second kappa shape index (κ2) is 8.73. The quantitative estimate of drug-likeness (QED) is 0.563. The van der Waals surface area contributed by atoms with Crippen molar-refractivity contribution in [3.05, 3.63) is 46.3 Å². The number of esters is 1. The molecule has 1 aromatic heterocycles. The minimum absolute atomic E-state index is 0.101. The van der Waals surface area contributed by atoms with Crippen molar-refractivity contribution in [2.24, 2.45) is 0 Å². The largest absolute Gasteiger partial charge is 0.459 e. The lowest BCUT2D eigenvalue weighted by Crippen LogP contribution is -2.18. The highest BCUT2D eigenvalue weighted by atomic mass is 32.2. The molecule has 0 unspecified atom stereocenters. The number of thioether (sulfide) groups is 1. The van der Waals surface area contributed by atoms with Crippen LogP contribution in [-0.2, 0) is 22.4 Å². The fourth-order valence-corrected chi connectivity index (χ4v) is 4.98. The first-order chi connectivity index (χ1) is 12.5. The Bertz CT molecular complexity index is 784. The van der Waals surface area contributed by atoms with Crippen LogP contribution in [0.5, 0.6) is 0 Å². The van der Waals surface area contributed by atoms with E-state index in [4.69, 9.17) is 4.74 Å². The second-order valence-corrected chi connectivity index (χ2v) is 8.67. The first-order valence-electron chi connectivity index (χ1n) is 8.88. The van der Waals surface area contributed by atoms with Crippen molar-refractivity contribution in [2.45, 2.75) is 50.5 Å². The summed E-state index contributed by atoms with van der Waals surface area (Å²) >= 11 is 3.01. The van der Waals surface area contributed by atoms with Crippen LogP contribution in [0.2, 0.25) is 0 Å². The Kier molecular flexibility index (Phi) is 6.38. The number of carbonyl (C=O) groups is 2. The van der Waals surface area contributed by atoms with Crippen LogP contribution < -0.4 is 5.32 Å². The normalized spacial score (nSPS) is 13.3. The Morgan fingerprint density at radius 3 is 2.65 bits per heavy atom. The van der Waals surface area contributed by atoms with Gasteiger partial charge >= 0.3 is 5.97 Å². The Morgan fingerprint density at radius 1 is 1.19 bits per heavy atom. The zero-order chi connectivity index (χ0) is 18.5. The van der Waals surface area contributed by atoms with Crippen LogP contribution in [0, 0.1) is 0 Å². The van der Waals surface area contributed by atoms with Gasteiger partial charge in [0, 0.05) is 9.77 Å². The molecule has 0 aliphatic heterocycles. The van der Waals surface area contributed by atoms with Gasteiger partial charge in [0.05, 0.1) is 17.4 Å². The summed E-state index contributed by atoms with van der Waals surface area (Å²) in [5.41, 5.74) is 1.63. The first-order valence-corrected chi connectivity index (χ1v) is 10.7. The number of benzene rings is 1. The number of thiophene rings is 1. The van der Waals surface area contributed by atoms with Crippen LogP contribution in [0.1, 0.15) is 47.5 Å². The van der Waals surface area contributed by atoms with Gasteiger partial charge < -0.3 is 10.1 Å². The third-order valence-corrected chi connectivity index (χ3v) is 6.30. The Hall–Kier alpha value is -1.79. The lowest BCUT2D eigenvalue weighted by molar-refractivity contribution is -0.113. The lowest BCUT2D eigenvalue weighted by Gasteiger charge is -2.14. The maximum Gasteiger partial charge on any atom is 0.341 e. The Labute approximate surface area is 162 Å². The highest BCUT2D eigenvalue weighted by molar-refractivity contribution is 8.00. The van der Waals surface area contributed by atoms with Gasteiger partial charge in [-0.2, -0.15) is 0 Å². The molecule has 0 spiro atoms. The summed E-state index contributed by atoms with van der Waals surface area (Å²) in [7, 11) is 0. The molecule has 1 heterocycles. The van der Waals surface area contributed by atoms with Crippen molar-refractivity contribution >= 4 is 40.0 Å². The van der Waals surface area contributed by atoms with E-state index < -0.39 is 0 Å². The molecule has 1 N–H and O–H groups in total. The topological polar surface area (TPSA) is 55.4 Å². The Balaban J connectivity index is 1.74. The summed E-state index contributed by atoms with van der Waals surface area (Å²) in [6.45, 7) is 3.68. The van der Waals surface area contributed by atoms with Crippen LogP contribution in [0.4, 0.5) is 5.00 Å². The van der Waals surface area contributed by atoms with Crippen LogP contribution in [0.15, 0.2) is 35.2 Å². The number of ether oxygens (including phenoxy) is 1. The highest BCUT2D eigenvalue weighted by Crippen LogP contribution is 2.38. The van der Waals surface area contributed by atoms with Gasteiger partial charge in [-0.1, -0.05) is 18.2 Å². The van der Waals surface area contributed by atoms with Gasteiger partial charge in [0.25, 0.3) is 0 Å². The van der Waals surface area contributed by atoms with E-state index in [0.717, 1.165) is 36.1 Å². The molecule has 2 aromatic rings. The molecule has 6 heteroatoms. The first kappa shape index (κ1) is 19.0. The monoisotopic (exact) mass is 389 g/mol. The average Bonchev–Trinajstić information content (AvgIpc) is 2.98. The SMILES string of the molecule is CC(C)OC(=O)c1c(NC(=O)CSc2ccccc2)sc2c1CCCC2. The molecule has 1 amide bonds.